The average Bonchev–Trinajstić information content (AvgIpc) is 2.92. The third-order valence-electron chi connectivity index (χ3n) is 4.30. The highest BCUT2D eigenvalue weighted by Gasteiger charge is 2.38. The molecular formula is C21H22N2O4. The van der Waals surface area contributed by atoms with Gasteiger partial charge in [-0.3, -0.25) is 14.5 Å². The van der Waals surface area contributed by atoms with E-state index in [0.29, 0.717) is 41.5 Å². The van der Waals surface area contributed by atoms with Crippen LogP contribution >= 0.6 is 0 Å². The number of nitrogens with one attached hydrogen (secondary N) is 1. The SMILES string of the molecule is CCOc1ccc(C2=C(Nc3ccccc3OC)C(=O)N(CC)C2=O)cc1. The van der Waals surface area contributed by atoms with Gasteiger partial charge in [0, 0.05) is 6.54 Å². The fourth-order valence-corrected chi connectivity index (χ4v) is 3.01. The second-order valence-corrected chi connectivity index (χ2v) is 5.89. The molecule has 1 aliphatic rings. The highest BCUT2D eigenvalue weighted by molar-refractivity contribution is 6.36. The van der Waals surface area contributed by atoms with Crippen molar-refractivity contribution in [3.05, 3.63) is 59.8 Å². The second kappa shape index (κ2) is 7.95. The lowest BCUT2D eigenvalue weighted by Crippen LogP contribution is -2.32. The van der Waals surface area contributed by atoms with Gasteiger partial charge in [-0.1, -0.05) is 24.3 Å². The third-order valence-corrected chi connectivity index (χ3v) is 4.30. The molecule has 6 nitrogen and oxygen atoms in total. The Balaban J connectivity index is 2.06. The summed E-state index contributed by atoms with van der Waals surface area (Å²) in [7, 11) is 1.56. The molecule has 0 unspecified atom stereocenters. The van der Waals surface area contributed by atoms with Crippen LogP contribution < -0.4 is 14.8 Å². The van der Waals surface area contributed by atoms with Crippen LogP contribution in [0.25, 0.3) is 5.57 Å². The third kappa shape index (κ3) is 3.51. The first-order valence-electron chi connectivity index (χ1n) is 8.84. The molecule has 1 heterocycles. The molecule has 0 saturated carbocycles. The molecule has 0 bridgehead atoms. The molecule has 0 aliphatic carbocycles. The molecule has 0 aromatic heterocycles. The fourth-order valence-electron chi connectivity index (χ4n) is 3.01. The number of hydrogen-bond acceptors (Lipinski definition) is 5. The fraction of sp³-hybridized carbons (Fsp3) is 0.238. The van der Waals surface area contributed by atoms with E-state index in [2.05, 4.69) is 5.32 Å². The van der Waals surface area contributed by atoms with Gasteiger partial charge in [-0.15, -0.1) is 0 Å². The quantitative estimate of drug-likeness (QED) is 0.762. The van der Waals surface area contributed by atoms with Crippen molar-refractivity contribution < 1.29 is 19.1 Å². The summed E-state index contributed by atoms with van der Waals surface area (Å²) in [5.41, 5.74) is 1.87. The number of hydrogen-bond donors (Lipinski definition) is 1. The Hall–Kier alpha value is -3.28. The van der Waals surface area contributed by atoms with Crippen molar-refractivity contribution in [3.8, 4) is 11.5 Å². The lowest BCUT2D eigenvalue weighted by atomic mass is 10.0. The van der Waals surface area contributed by atoms with Gasteiger partial charge in [-0.05, 0) is 43.7 Å². The van der Waals surface area contributed by atoms with Crippen LogP contribution in [0.2, 0.25) is 0 Å². The van der Waals surface area contributed by atoms with E-state index in [1.807, 2.05) is 19.1 Å². The first-order valence-corrected chi connectivity index (χ1v) is 8.84. The highest BCUT2D eigenvalue weighted by Crippen LogP contribution is 2.33. The van der Waals surface area contributed by atoms with E-state index in [4.69, 9.17) is 9.47 Å². The zero-order chi connectivity index (χ0) is 19.4. The Labute approximate surface area is 158 Å². The van der Waals surface area contributed by atoms with Crippen LogP contribution in [0.4, 0.5) is 5.69 Å². The van der Waals surface area contributed by atoms with E-state index >= 15 is 0 Å². The Bertz CT molecular complexity index is 887. The highest BCUT2D eigenvalue weighted by atomic mass is 16.5. The number of para-hydroxylation sites is 2. The van der Waals surface area contributed by atoms with E-state index in [9.17, 15) is 9.59 Å². The molecule has 1 aliphatic heterocycles. The van der Waals surface area contributed by atoms with Gasteiger partial charge in [-0.25, -0.2) is 0 Å². The Kier molecular flexibility index (Phi) is 5.45. The van der Waals surface area contributed by atoms with Crippen molar-refractivity contribution in [2.45, 2.75) is 13.8 Å². The van der Waals surface area contributed by atoms with Crippen LogP contribution in [0.15, 0.2) is 54.2 Å². The summed E-state index contributed by atoms with van der Waals surface area (Å²) in [4.78, 5) is 26.9. The van der Waals surface area contributed by atoms with E-state index < -0.39 is 0 Å². The minimum absolute atomic E-state index is 0.246. The summed E-state index contributed by atoms with van der Waals surface area (Å²) < 4.78 is 10.8. The molecule has 0 radical (unpaired) electrons. The first kappa shape index (κ1) is 18.5. The molecule has 6 heteroatoms. The maximum absolute atomic E-state index is 12.9. The molecular weight excluding hydrogens is 344 g/mol. The monoisotopic (exact) mass is 366 g/mol. The predicted molar refractivity (Wildman–Crippen MR) is 104 cm³/mol. The van der Waals surface area contributed by atoms with Crippen LogP contribution in [0.5, 0.6) is 11.5 Å². The van der Waals surface area contributed by atoms with Gasteiger partial charge in [0.1, 0.15) is 17.2 Å². The van der Waals surface area contributed by atoms with Gasteiger partial charge < -0.3 is 14.8 Å². The summed E-state index contributed by atoms with van der Waals surface area (Å²) in [6, 6.07) is 14.4. The van der Waals surface area contributed by atoms with E-state index in [0.717, 1.165) is 0 Å². The smallest absolute Gasteiger partial charge is 0.278 e. The Morgan fingerprint density at radius 1 is 0.963 bits per heavy atom. The Morgan fingerprint density at radius 3 is 2.30 bits per heavy atom. The number of methoxy groups -OCH3 is 1. The van der Waals surface area contributed by atoms with Gasteiger partial charge >= 0.3 is 0 Å². The van der Waals surface area contributed by atoms with Gasteiger partial charge in [-0.2, -0.15) is 0 Å². The number of benzene rings is 2. The number of likely N-dealkylation sites (N-methyl/N-ethyl adjacent to an activating group) is 1. The van der Waals surface area contributed by atoms with E-state index in [1.54, 1.807) is 50.4 Å². The number of ether oxygens (including phenoxy) is 2. The number of nitrogens with zero attached hydrogens (tertiary/aromatic N) is 1. The van der Waals surface area contributed by atoms with E-state index in [1.165, 1.54) is 4.90 Å². The summed E-state index contributed by atoms with van der Waals surface area (Å²) >= 11 is 0. The Morgan fingerprint density at radius 2 is 1.67 bits per heavy atom. The number of carbonyl (C=O) groups is 2. The lowest BCUT2D eigenvalue weighted by Gasteiger charge is -2.13. The molecule has 0 atom stereocenters. The van der Waals surface area contributed by atoms with Crippen molar-refractivity contribution in [2.75, 3.05) is 25.6 Å². The van der Waals surface area contributed by atoms with Crippen molar-refractivity contribution in [1.29, 1.82) is 0 Å². The number of anilines is 1. The van der Waals surface area contributed by atoms with Crippen molar-refractivity contribution >= 4 is 23.1 Å². The van der Waals surface area contributed by atoms with Crippen LogP contribution in [-0.2, 0) is 9.59 Å². The van der Waals surface area contributed by atoms with Gasteiger partial charge in [0.05, 0.1) is 25.0 Å². The minimum Gasteiger partial charge on any atom is -0.495 e. The zero-order valence-corrected chi connectivity index (χ0v) is 15.6. The molecule has 0 spiro atoms. The van der Waals surface area contributed by atoms with Crippen molar-refractivity contribution in [1.82, 2.24) is 4.90 Å². The topological polar surface area (TPSA) is 67.9 Å². The molecule has 2 aromatic rings. The lowest BCUT2D eigenvalue weighted by molar-refractivity contribution is -0.136. The minimum atomic E-state index is -0.350. The summed E-state index contributed by atoms with van der Waals surface area (Å²) in [5, 5.41) is 3.10. The maximum Gasteiger partial charge on any atom is 0.278 e. The van der Waals surface area contributed by atoms with Gasteiger partial charge in [0.15, 0.2) is 0 Å². The molecule has 140 valence electrons. The summed E-state index contributed by atoms with van der Waals surface area (Å²) in [6.45, 7) is 4.54. The maximum atomic E-state index is 12.9. The largest absolute Gasteiger partial charge is 0.495 e. The molecule has 27 heavy (non-hydrogen) atoms. The van der Waals surface area contributed by atoms with Gasteiger partial charge in [0.25, 0.3) is 11.8 Å². The predicted octanol–water partition coefficient (Wildman–Crippen LogP) is 3.31. The standard InChI is InChI=1S/C21H22N2O4/c1-4-23-20(24)18(14-10-12-15(13-11-14)27-5-2)19(21(23)25)22-16-8-6-7-9-17(16)26-3/h6-13,22H,4-5H2,1-3H3. The molecule has 1 N–H and O–H groups in total. The number of carbonyl (C=O) groups excluding carboxylic acids is 2. The molecule has 2 aromatic carbocycles. The normalized spacial score (nSPS) is 14.0. The molecule has 2 amide bonds. The number of amides is 2. The van der Waals surface area contributed by atoms with Crippen LogP contribution in [0.3, 0.4) is 0 Å². The van der Waals surface area contributed by atoms with Gasteiger partial charge in [0.2, 0.25) is 0 Å². The van der Waals surface area contributed by atoms with Crippen LogP contribution in [-0.4, -0.2) is 37.0 Å². The van der Waals surface area contributed by atoms with Crippen LogP contribution in [0, 0.1) is 0 Å². The number of rotatable bonds is 7. The molecule has 0 saturated heterocycles. The molecule has 3 rings (SSSR count). The first-order chi connectivity index (χ1) is 13.1. The summed E-state index contributed by atoms with van der Waals surface area (Å²) in [6.07, 6.45) is 0. The molecule has 0 fully saturated rings. The van der Waals surface area contributed by atoms with Crippen molar-refractivity contribution in [2.24, 2.45) is 0 Å². The zero-order valence-electron chi connectivity index (χ0n) is 15.6. The number of imide groups is 1. The average molecular weight is 366 g/mol. The second-order valence-electron chi connectivity index (χ2n) is 5.89. The summed E-state index contributed by atoms with van der Waals surface area (Å²) in [5.74, 6) is 0.637. The van der Waals surface area contributed by atoms with E-state index in [-0.39, 0.29) is 17.5 Å². The van der Waals surface area contributed by atoms with Crippen LogP contribution in [0.1, 0.15) is 19.4 Å². The van der Waals surface area contributed by atoms with Crippen molar-refractivity contribution in [3.63, 3.8) is 0 Å².